The molecular formula is C11H19N3. The lowest BCUT2D eigenvalue weighted by Gasteiger charge is -2.15. The van der Waals surface area contributed by atoms with Crippen molar-refractivity contribution in [3.63, 3.8) is 0 Å². The van der Waals surface area contributed by atoms with Gasteiger partial charge in [0, 0.05) is 11.6 Å². The van der Waals surface area contributed by atoms with Gasteiger partial charge in [-0.25, -0.2) is 4.98 Å². The van der Waals surface area contributed by atoms with Crippen molar-refractivity contribution in [2.24, 2.45) is 5.73 Å². The fraction of sp³-hybridized carbons (Fsp3) is 0.727. The molecule has 0 bridgehead atoms. The highest BCUT2D eigenvalue weighted by Gasteiger charge is 2.28. The van der Waals surface area contributed by atoms with Crippen LogP contribution in [0, 0.1) is 0 Å². The Morgan fingerprint density at radius 2 is 2.29 bits per heavy atom. The lowest BCUT2D eigenvalue weighted by Crippen LogP contribution is -2.30. The van der Waals surface area contributed by atoms with Crippen LogP contribution < -0.4 is 5.73 Å². The standard InChI is InChI=1S/C11H19N3/c1-4-7-5-6-8-9(7)14-10(13-8)11(2,3)12/h7H,4-6,12H2,1-3H3,(H,13,14). The SMILES string of the molecule is CCC1CCc2[nH]c(C(C)(C)N)nc21. The van der Waals surface area contributed by atoms with Crippen LogP contribution in [0.5, 0.6) is 0 Å². The lowest BCUT2D eigenvalue weighted by atomic mass is 10.0. The average molecular weight is 193 g/mol. The van der Waals surface area contributed by atoms with E-state index in [1.54, 1.807) is 0 Å². The lowest BCUT2D eigenvalue weighted by molar-refractivity contribution is 0.512. The van der Waals surface area contributed by atoms with Gasteiger partial charge in [0.05, 0.1) is 11.2 Å². The number of hydrogen-bond acceptors (Lipinski definition) is 2. The number of H-pyrrole nitrogens is 1. The van der Waals surface area contributed by atoms with Crippen LogP contribution in [0.1, 0.15) is 56.7 Å². The van der Waals surface area contributed by atoms with Crippen LogP contribution in [0.2, 0.25) is 0 Å². The summed E-state index contributed by atoms with van der Waals surface area (Å²) in [6.45, 7) is 6.20. The predicted molar refractivity (Wildman–Crippen MR) is 57.2 cm³/mol. The summed E-state index contributed by atoms with van der Waals surface area (Å²) in [5.74, 6) is 1.58. The molecule has 1 aromatic rings. The van der Waals surface area contributed by atoms with E-state index in [9.17, 15) is 0 Å². The van der Waals surface area contributed by atoms with Gasteiger partial charge in [-0.15, -0.1) is 0 Å². The minimum atomic E-state index is -0.345. The highest BCUT2D eigenvalue weighted by Crippen LogP contribution is 2.34. The second-order valence-electron chi connectivity index (χ2n) is 4.81. The second-order valence-corrected chi connectivity index (χ2v) is 4.81. The van der Waals surface area contributed by atoms with Gasteiger partial charge in [-0.05, 0) is 33.1 Å². The highest BCUT2D eigenvalue weighted by atomic mass is 15.0. The number of nitrogens with zero attached hydrogens (tertiary/aromatic N) is 1. The monoisotopic (exact) mass is 193 g/mol. The Morgan fingerprint density at radius 1 is 1.57 bits per heavy atom. The van der Waals surface area contributed by atoms with E-state index < -0.39 is 0 Å². The van der Waals surface area contributed by atoms with E-state index in [-0.39, 0.29) is 5.54 Å². The number of aromatic amines is 1. The molecule has 0 aliphatic heterocycles. The quantitative estimate of drug-likeness (QED) is 0.755. The molecule has 0 aromatic carbocycles. The molecule has 3 heteroatoms. The number of nitrogens with one attached hydrogen (secondary N) is 1. The van der Waals surface area contributed by atoms with Crippen molar-refractivity contribution in [2.75, 3.05) is 0 Å². The summed E-state index contributed by atoms with van der Waals surface area (Å²) in [7, 11) is 0. The van der Waals surface area contributed by atoms with Crippen LogP contribution >= 0.6 is 0 Å². The van der Waals surface area contributed by atoms with Crippen LogP contribution in [0.3, 0.4) is 0 Å². The fourth-order valence-electron chi connectivity index (χ4n) is 2.11. The van der Waals surface area contributed by atoms with Crippen molar-refractivity contribution in [2.45, 2.75) is 51.5 Å². The molecule has 1 heterocycles. The molecule has 0 amide bonds. The smallest absolute Gasteiger partial charge is 0.126 e. The number of hydrogen-bond donors (Lipinski definition) is 2. The van der Waals surface area contributed by atoms with Gasteiger partial charge in [-0.1, -0.05) is 6.92 Å². The van der Waals surface area contributed by atoms with Gasteiger partial charge in [-0.3, -0.25) is 0 Å². The molecule has 1 aromatic heterocycles. The third-order valence-electron chi connectivity index (χ3n) is 3.04. The Morgan fingerprint density at radius 3 is 2.86 bits per heavy atom. The molecule has 2 rings (SSSR count). The summed E-state index contributed by atoms with van der Waals surface area (Å²) in [6, 6.07) is 0. The highest BCUT2D eigenvalue weighted by molar-refractivity contribution is 5.26. The largest absolute Gasteiger partial charge is 0.344 e. The normalized spacial score (nSPS) is 21.3. The van der Waals surface area contributed by atoms with Gasteiger partial charge >= 0.3 is 0 Å². The molecule has 1 aliphatic carbocycles. The second kappa shape index (κ2) is 3.09. The Kier molecular flexibility index (Phi) is 2.14. The maximum Gasteiger partial charge on any atom is 0.126 e. The number of imidazole rings is 1. The Balaban J connectivity index is 2.35. The molecule has 1 atom stereocenters. The molecule has 78 valence electrons. The third kappa shape index (κ3) is 1.46. The first-order chi connectivity index (χ1) is 6.52. The van der Waals surface area contributed by atoms with Crippen molar-refractivity contribution < 1.29 is 0 Å². The zero-order valence-electron chi connectivity index (χ0n) is 9.22. The average Bonchev–Trinajstić information content (AvgIpc) is 2.58. The molecule has 0 radical (unpaired) electrons. The predicted octanol–water partition coefficient (Wildman–Crippen LogP) is 2.04. The van der Waals surface area contributed by atoms with Crippen molar-refractivity contribution >= 4 is 0 Å². The van der Waals surface area contributed by atoms with Crippen molar-refractivity contribution in [1.29, 1.82) is 0 Å². The van der Waals surface area contributed by atoms with E-state index in [1.807, 2.05) is 13.8 Å². The molecule has 1 aliphatic rings. The van der Waals surface area contributed by atoms with Gasteiger partial charge in [-0.2, -0.15) is 0 Å². The summed E-state index contributed by atoms with van der Waals surface area (Å²) in [6.07, 6.45) is 3.56. The van der Waals surface area contributed by atoms with Gasteiger partial charge in [0.25, 0.3) is 0 Å². The molecule has 0 fully saturated rings. The molecule has 3 nitrogen and oxygen atoms in total. The van der Waals surface area contributed by atoms with Crippen LogP contribution in [-0.4, -0.2) is 9.97 Å². The van der Waals surface area contributed by atoms with Gasteiger partial charge in [0.2, 0.25) is 0 Å². The molecule has 0 saturated carbocycles. The number of aromatic nitrogens is 2. The summed E-state index contributed by atoms with van der Waals surface area (Å²) < 4.78 is 0. The van der Waals surface area contributed by atoms with Gasteiger partial charge < -0.3 is 10.7 Å². The Bertz CT molecular complexity index is 333. The van der Waals surface area contributed by atoms with E-state index in [1.165, 1.54) is 24.2 Å². The zero-order chi connectivity index (χ0) is 10.3. The number of nitrogens with two attached hydrogens (primary N) is 1. The maximum atomic E-state index is 6.01. The Labute approximate surface area is 85.1 Å². The van der Waals surface area contributed by atoms with E-state index in [0.29, 0.717) is 5.92 Å². The zero-order valence-corrected chi connectivity index (χ0v) is 9.22. The van der Waals surface area contributed by atoms with Crippen LogP contribution in [0.25, 0.3) is 0 Å². The first-order valence-electron chi connectivity index (χ1n) is 5.40. The summed E-state index contributed by atoms with van der Waals surface area (Å²) in [4.78, 5) is 8.00. The summed E-state index contributed by atoms with van der Waals surface area (Å²) in [5, 5.41) is 0. The molecule has 3 N–H and O–H groups in total. The summed E-state index contributed by atoms with van der Waals surface area (Å²) in [5.41, 5.74) is 8.24. The molecule has 0 saturated heterocycles. The van der Waals surface area contributed by atoms with Crippen LogP contribution in [0.4, 0.5) is 0 Å². The molecule has 1 unspecified atom stereocenters. The van der Waals surface area contributed by atoms with Gasteiger partial charge in [0.15, 0.2) is 0 Å². The van der Waals surface area contributed by atoms with Crippen molar-refractivity contribution in [1.82, 2.24) is 9.97 Å². The Hall–Kier alpha value is -0.830. The van der Waals surface area contributed by atoms with E-state index in [2.05, 4.69) is 16.9 Å². The van der Waals surface area contributed by atoms with Gasteiger partial charge in [0.1, 0.15) is 5.82 Å². The topological polar surface area (TPSA) is 54.7 Å². The first-order valence-corrected chi connectivity index (χ1v) is 5.40. The number of fused-ring (bicyclic) bond motifs is 1. The number of aryl methyl sites for hydroxylation is 1. The minimum absolute atomic E-state index is 0.345. The minimum Gasteiger partial charge on any atom is -0.344 e. The third-order valence-corrected chi connectivity index (χ3v) is 3.04. The number of rotatable bonds is 2. The fourth-order valence-corrected chi connectivity index (χ4v) is 2.11. The maximum absolute atomic E-state index is 6.01. The van der Waals surface area contributed by atoms with Crippen LogP contribution in [-0.2, 0) is 12.0 Å². The van der Waals surface area contributed by atoms with Crippen molar-refractivity contribution in [3.8, 4) is 0 Å². The molecule has 14 heavy (non-hydrogen) atoms. The molecule has 0 spiro atoms. The van der Waals surface area contributed by atoms with Crippen molar-refractivity contribution in [3.05, 3.63) is 17.2 Å². The molecular weight excluding hydrogens is 174 g/mol. The van der Waals surface area contributed by atoms with E-state index >= 15 is 0 Å². The van der Waals surface area contributed by atoms with E-state index in [0.717, 1.165) is 12.2 Å². The summed E-state index contributed by atoms with van der Waals surface area (Å²) >= 11 is 0. The van der Waals surface area contributed by atoms with Crippen LogP contribution in [0.15, 0.2) is 0 Å². The first kappa shape index (κ1) is 9.71. The van der Waals surface area contributed by atoms with E-state index in [4.69, 9.17) is 5.73 Å².